The Morgan fingerprint density at radius 1 is 1.23 bits per heavy atom. The highest BCUT2D eigenvalue weighted by Gasteiger charge is 2.22. The summed E-state index contributed by atoms with van der Waals surface area (Å²) in [5.41, 5.74) is 0.979. The van der Waals surface area contributed by atoms with Crippen LogP contribution in [0.3, 0.4) is 0 Å². The predicted octanol–water partition coefficient (Wildman–Crippen LogP) is 2.84. The number of ether oxygens (including phenoxy) is 1. The second-order valence-electron chi connectivity index (χ2n) is 7.46. The number of anilines is 1. The van der Waals surface area contributed by atoms with Crippen LogP contribution in [0, 0.1) is 5.92 Å². The van der Waals surface area contributed by atoms with Crippen LogP contribution >= 0.6 is 11.6 Å². The number of nitrogens with zero attached hydrogens (tertiary/aromatic N) is 2. The zero-order chi connectivity index (χ0) is 22.0. The molecular formula is C22H21ClN4O4. The molecule has 1 aliphatic rings. The molecule has 2 N–H and O–H groups in total. The third kappa shape index (κ3) is 4.86. The number of carbonyl (C=O) groups excluding carboxylic acids is 2. The first kappa shape index (κ1) is 20.9. The number of hydrogen-bond donors (Lipinski definition) is 2. The monoisotopic (exact) mass is 440 g/mol. The Kier molecular flexibility index (Phi) is 5.90. The number of halogens is 1. The summed E-state index contributed by atoms with van der Waals surface area (Å²) in [7, 11) is 1.50. The lowest BCUT2D eigenvalue weighted by molar-refractivity contribution is -0.116. The van der Waals surface area contributed by atoms with Crippen molar-refractivity contribution in [3.05, 3.63) is 63.7 Å². The van der Waals surface area contributed by atoms with Crippen LogP contribution in [-0.2, 0) is 11.3 Å². The van der Waals surface area contributed by atoms with Crippen molar-refractivity contribution in [2.24, 2.45) is 5.92 Å². The second-order valence-corrected chi connectivity index (χ2v) is 7.87. The molecule has 0 aliphatic heterocycles. The van der Waals surface area contributed by atoms with Crippen LogP contribution in [0.5, 0.6) is 5.75 Å². The van der Waals surface area contributed by atoms with E-state index in [2.05, 4.69) is 15.6 Å². The van der Waals surface area contributed by atoms with Crippen LogP contribution in [0.2, 0.25) is 5.02 Å². The Labute approximate surface area is 183 Å². The first-order chi connectivity index (χ1) is 14.9. The minimum Gasteiger partial charge on any atom is -0.495 e. The van der Waals surface area contributed by atoms with Crippen molar-refractivity contribution in [3.63, 3.8) is 0 Å². The molecule has 0 radical (unpaired) electrons. The number of methoxy groups -OCH3 is 1. The van der Waals surface area contributed by atoms with E-state index < -0.39 is 5.91 Å². The molecule has 1 aliphatic carbocycles. The summed E-state index contributed by atoms with van der Waals surface area (Å²) in [6, 6.07) is 9.60. The van der Waals surface area contributed by atoms with Crippen LogP contribution in [0.25, 0.3) is 10.9 Å². The van der Waals surface area contributed by atoms with Gasteiger partial charge in [-0.3, -0.25) is 19.0 Å². The first-order valence-electron chi connectivity index (χ1n) is 9.85. The van der Waals surface area contributed by atoms with E-state index in [0.29, 0.717) is 45.4 Å². The fourth-order valence-corrected chi connectivity index (χ4v) is 3.43. The SMILES string of the molecule is COc1ccc(NC(=O)Cn2cnc3cc(C(=O)NCC4CC4)ccc3c2=O)cc1Cl. The lowest BCUT2D eigenvalue weighted by Crippen LogP contribution is -2.28. The summed E-state index contributed by atoms with van der Waals surface area (Å²) < 4.78 is 6.30. The van der Waals surface area contributed by atoms with Crippen molar-refractivity contribution in [1.29, 1.82) is 0 Å². The molecule has 160 valence electrons. The van der Waals surface area contributed by atoms with E-state index in [4.69, 9.17) is 16.3 Å². The van der Waals surface area contributed by atoms with Crippen LogP contribution in [0.15, 0.2) is 47.5 Å². The molecule has 0 spiro atoms. The molecule has 4 rings (SSSR count). The van der Waals surface area contributed by atoms with Crippen LogP contribution < -0.4 is 20.9 Å². The molecule has 1 aromatic heterocycles. The molecule has 8 nitrogen and oxygen atoms in total. The molecule has 1 saturated carbocycles. The minimum absolute atomic E-state index is 0.183. The zero-order valence-corrected chi connectivity index (χ0v) is 17.6. The van der Waals surface area contributed by atoms with Crippen LogP contribution in [0.4, 0.5) is 5.69 Å². The molecule has 1 fully saturated rings. The second kappa shape index (κ2) is 8.77. The van der Waals surface area contributed by atoms with Gasteiger partial charge in [-0.15, -0.1) is 0 Å². The van der Waals surface area contributed by atoms with E-state index in [-0.39, 0.29) is 18.0 Å². The van der Waals surface area contributed by atoms with Crippen molar-refractivity contribution in [2.75, 3.05) is 19.0 Å². The molecule has 0 saturated heterocycles. The Morgan fingerprint density at radius 3 is 2.74 bits per heavy atom. The summed E-state index contributed by atoms with van der Waals surface area (Å²) in [5, 5.41) is 6.28. The van der Waals surface area contributed by atoms with Gasteiger partial charge in [0, 0.05) is 17.8 Å². The number of nitrogens with one attached hydrogen (secondary N) is 2. The summed E-state index contributed by atoms with van der Waals surface area (Å²) in [6.07, 6.45) is 3.60. The molecule has 2 aromatic carbocycles. The van der Waals surface area contributed by atoms with Gasteiger partial charge in [0.05, 0.1) is 29.4 Å². The van der Waals surface area contributed by atoms with Gasteiger partial charge in [-0.2, -0.15) is 0 Å². The molecule has 2 amide bonds. The first-order valence-corrected chi connectivity index (χ1v) is 10.2. The summed E-state index contributed by atoms with van der Waals surface area (Å²) in [4.78, 5) is 41.7. The highest BCUT2D eigenvalue weighted by Crippen LogP contribution is 2.28. The van der Waals surface area contributed by atoms with Gasteiger partial charge in [0.2, 0.25) is 5.91 Å². The Bertz CT molecular complexity index is 1220. The van der Waals surface area contributed by atoms with Gasteiger partial charge in [0.15, 0.2) is 0 Å². The third-order valence-corrected chi connectivity index (χ3v) is 5.38. The van der Waals surface area contributed by atoms with E-state index >= 15 is 0 Å². The standard InChI is InChI=1S/C22H21ClN4O4/c1-31-19-7-5-15(9-17(19)23)26-20(28)11-27-12-25-18-8-14(4-6-16(18)22(27)30)21(29)24-10-13-2-3-13/h4-9,12-13H,2-3,10-11H2,1H3,(H,24,29)(H,26,28). The molecule has 0 unspecified atom stereocenters. The van der Waals surface area contributed by atoms with Crippen molar-refractivity contribution < 1.29 is 14.3 Å². The molecule has 0 atom stereocenters. The molecule has 0 bridgehead atoms. The van der Waals surface area contributed by atoms with Crippen LogP contribution in [0.1, 0.15) is 23.2 Å². The Balaban J connectivity index is 1.47. The van der Waals surface area contributed by atoms with E-state index in [9.17, 15) is 14.4 Å². The van der Waals surface area contributed by atoms with E-state index in [1.165, 1.54) is 18.0 Å². The lowest BCUT2D eigenvalue weighted by Gasteiger charge is -2.10. The van der Waals surface area contributed by atoms with Gasteiger partial charge in [-0.1, -0.05) is 11.6 Å². The van der Waals surface area contributed by atoms with Crippen molar-refractivity contribution >= 4 is 40.0 Å². The molecule has 9 heteroatoms. The van der Waals surface area contributed by atoms with E-state index in [1.54, 1.807) is 36.4 Å². The van der Waals surface area contributed by atoms with Gasteiger partial charge in [0.1, 0.15) is 12.3 Å². The molecule has 3 aromatic rings. The minimum atomic E-state index is -0.402. The maximum Gasteiger partial charge on any atom is 0.261 e. The Morgan fingerprint density at radius 2 is 2.03 bits per heavy atom. The van der Waals surface area contributed by atoms with Crippen molar-refractivity contribution in [2.45, 2.75) is 19.4 Å². The number of carbonyl (C=O) groups is 2. The maximum atomic E-state index is 12.8. The molecule has 1 heterocycles. The van der Waals surface area contributed by atoms with Crippen molar-refractivity contribution in [1.82, 2.24) is 14.9 Å². The predicted molar refractivity (Wildman–Crippen MR) is 118 cm³/mol. The number of aromatic nitrogens is 2. The molecule has 31 heavy (non-hydrogen) atoms. The topological polar surface area (TPSA) is 102 Å². The number of rotatable bonds is 7. The maximum absolute atomic E-state index is 12.8. The lowest BCUT2D eigenvalue weighted by atomic mass is 10.1. The largest absolute Gasteiger partial charge is 0.495 e. The number of amides is 2. The average molecular weight is 441 g/mol. The summed E-state index contributed by atoms with van der Waals surface area (Å²) >= 11 is 6.07. The highest BCUT2D eigenvalue weighted by atomic mass is 35.5. The van der Waals surface area contributed by atoms with E-state index in [1.807, 2.05) is 0 Å². The fraction of sp³-hybridized carbons (Fsp3) is 0.273. The van der Waals surface area contributed by atoms with E-state index in [0.717, 1.165) is 12.8 Å². The highest BCUT2D eigenvalue weighted by molar-refractivity contribution is 6.32. The number of hydrogen-bond acceptors (Lipinski definition) is 5. The van der Waals surface area contributed by atoms with Gasteiger partial charge in [0.25, 0.3) is 11.5 Å². The quantitative estimate of drug-likeness (QED) is 0.588. The third-order valence-electron chi connectivity index (χ3n) is 5.09. The average Bonchev–Trinajstić information content (AvgIpc) is 3.58. The van der Waals surface area contributed by atoms with Crippen molar-refractivity contribution in [3.8, 4) is 5.75 Å². The smallest absolute Gasteiger partial charge is 0.261 e. The van der Waals surface area contributed by atoms with Gasteiger partial charge in [-0.25, -0.2) is 4.98 Å². The summed E-state index contributed by atoms with van der Waals surface area (Å²) in [5.74, 6) is 0.489. The number of benzene rings is 2. The summed E-state index contributed by atoms with van der Waals surface area (Å²) in [6.45, 7) is 0.454. The van der Waals surface area contributed by atoms with Gasteiger partial charge < -0.3 is 15.4 Å². The van der Waals surface area contributed by atoms with Gasteiger partial charge in [-0.05, 0) is 55.2 Å². The van der Waals surface area contributed by atoms with Gasteiger partial charge >= 0.3 is 0 Å². The zero-order valence-electron chi connectivity index (χ0n) is 16.9. The normalized spacial score (nSPS) is 13.1. The van der Waals surface area contributed by atoms with Crippen LogP contribution in [-0.4, -0.2) is 35.0 Å². The molecular weight excluding hydrogens is 420 g/mol. The Hall–Kier alpha value is -3.39. The fourth-order valence-electron chi connectivity index (χ4n) is 3.17. The number of fused-ring (bicyclic) bond motifs is 1.